The Morgan fingerprint density at radius 3 is 2.75 bits per heavy atom. The minimum absolute atomic E-state index is 0.281. The molecule has 2 heterocycles. The number of nitriles is 1. The molecule has 4 aromatic rings. The topological polar surface area (TPSA) is 91.8 Å². The van der Waals surface area contributed by atoms with Crippen LogP contribution < -0.4 is 5.32 Å². The zero-order chi connectivity index (χ0) is 19.5. The molecule has 0 aliphatic heterocycles. The van der Waals surface area contributed by atoms with Gasteiger partial charge in [-0.25, -0.2) is 0 Å². The van der Waals surface area contributed by atoms with Crippen molar-refractivity contribution in [3.8, 4) is 6.07 Å². The van der Waals surface area contributed by atoms with E-state index in [9.17, 15) is 4.79 Å². The highest BCUT2D eigenvalue weighted by atomic mass is 32.2. The molecule has 1 N–H and O–H groups in total. The maximum Gasteiger partial charge on any atom is 0.293 e. The van der Waals surface area contributed by atoms with Gasteiger partial charge in [0.1, 0.15) is 5.58 Å². The molecular formula is C20H14N4O2S2. The number of benzene rings is 2. The van der Waals surface area contributed by atoms with Crippen LogP contribution in [0.15, 0.2) is 57.3 Å². The highest BCUT2D eigenvalue weighted by Gasteiger charge is 2.19. The number of amides is 1. The maximum atomic E-state index is 12.6. The largest absolute Gasteiger partial charge is 0.451 e. The average Bonchev–Trinajstić information content (AvgIpc) is 3.31. The van der Waals surface area contributed by atoms with Gasteiger partial charge in [0.2, 0.25) is 5.13 Å². The van der Waals surface area contributed by atoms with Gasteiger partial charge in [0, 0.05) is 16.7 Å². The molecule has 0 saturated heterocycles. The minimum atomic E-state index is -0.339. The number of thioether (sulfide) groups is 1. The van der Waals surface area contributed by atoms with E-state index in [1.165, 1.54) is 23.1 Å². The van der Waals surface area contributed by atoms with Gasteiger partial charge in [-0.05, 0) is 30.7 Å². The highest BCUT2D eigenvalue weighted by Crippen LogP contribution is 2.30. The third-order valence-electron chi connectivity index (χ3n) is 4.12. The molecule has 0 aliphatic carbocycles. The number of anilines is 1. The number of hydrogen-bond donors (Lipinski definition) is 1. The van der Waals surface area contributed by atoms with Crippen LogP contribution in [0.1, 0.15) is 27.2 Å². The lowest BCUT2D eigenvalue weighted by Gasteiger charge is -1.99. The number of furan rings is 1. The fourth-order valence-electron chi connectivity index (χ4n) is 2.68. The Morgan fingerprint density at radius 1 is 1.21 bits per heavy atom. The first kappa shape index (κ1) is 18.2. The maximum absolute atomic E-state index is 12.6. The normalized spacial score (nSPS) is 10.7. The van der Waals surface area contributed by atoms with Crippen molar-refractivity contribution in [2.45, 2.75) is 17.0 Å². The molecule has 138 valence electrons. The average molecular weight is 406 g/mol. The third-order valence-corrected chi connectivity index (χ3v) is 6.17. The van der Waals surface area contributed by atoms with Crippen molar-refractivity contribution in [3.63, 3.8) is 0 Å². The molecule has 8 heteroatoms. The van der Waals surface area contributed by atoms with Crippen LogP contribution >= 0.6 is 23.1 Å². The summed E-state index contributed by atoms with van der Waals surface area (Å²) in [5, 5.41) is 21.1. The number of aromatic nitrogens is 2. The molecule has 6 nitrogen and oxygen atoms in total. The molecular weight excluding hydrogens is 392 g/mol. The monoisotopic (exact) mass is 406 g/mol. The molecule has 0 spiro atoms. The molecule has 0 fully saturated rings. The molecule has 0 unspecified atom stereocenters. The smallest absolute Gasteiger partial charge is 0.293 e. The van der Waals surface area contributed by atoms with Crippen LogP contribution in [0.3, 0.4) is 0 Å². The Labute approximate surface area is 169 Å². The van der Waals surface area contributed by atoms with Crippen molar-refractivity contribution in [2.24, 2.45) is 0 Å². The molecule has 1 amide bonds. The van der Waals surface area contributed by atoms with Crippen molar-refractivity contribution >= 4 is 45.1 Å². The Balaban J connectivity index is 1.41. The van der Waals surface area contributed by atoms with Gasteiger partial charge in [-0.3, -0.25) is 10.1 Å². The molecule has 28 heavy (non-hydrogen) atoms. The number of nitrogens with one attached hydrogen (secondary N) is 1. The van der Waals surface area contributed by atoms with Crippen LogP contribution in [0, 0.1) is 18.3 Å². The number of para-hydroxylation sites is 1. The van der Waals surface area contributed by atoms with Gasteiger partial charge in [0.05, 0.1) is 11.6 Å². The SMILES string of the molecule is Cc1c(C(=O)Nc2nnc(SCc3ccc(C#N)cc3)s2)oc2ccccc12. The van der Waals surface area contributed by atoms with Crippen LogP contribution in [0.5, 0.6) is 0 Å². The van der Waals surface area contributed by atoms with Gasteiger partial charge >= 0.3 is 0 Å². The summed E-state index contributed by atoms with van der Waals surface area (Å²) in [6.07, 6.45) is 0. The summed E-state index contributed by atoms with van der Waals surface area (Å²) >= 11 is 2.84. The minimum Gasteiger partial charge on any atom is -0.451 e. The van der Waals surface area contributed by atoms with Crippen LogP contribution in [0.4, 0.5) is 5.13 Å². The predicted molar refractivity (Wildman–Crippen MR) is 110 cm³/mol. The van der Waals surface area contributed by atoms with Gasteiger partial charge in [-0.15, -0.1) is 10.2 Å². The second kappa shape index (κ2) is 7.84. The lowest BCUT2D eigenvalue weighted by Crippen LogP contribution is -2.11. The number of aryl methyl sites for hydroxylation is 1. The van der Waals surface area contributed by atoms with Crippen LogP contribution in [0.25, 0.3) is 11.0 Å². The zero-order valence-corrected chi connectivity index (χ0v) is 16.4. The number of rotatable bonds is 5. The van der Waals surface area contributed by atoms with E-state index < -0.39 is 0 Å². The van der Waals surface area contributed by atoms with Gasteiger partial charge in [-0.2, -0.15) is 5.26 Å². The third kappa shape index (κ3) is 3.76. The standard InChI is InChI=1S/C20H14N4O2S2/c1-12-15-4-2-3-5-16(15)26-17(12)18(25)22-19-23-24-20(28-19)27-11-14-8-6-13(10-21)7-9-14/h2-9H,11H2,1H3,(H,22,23,25). The molecule has 0 aliphatic rings. The van der Waals surface area contributed by atoms with Crippen molar-refractivity contribution in [1.82, 2.24) is 10.2 Å². The number of nitrogens with zero attached hydrogens (tertiary/aromatic N) is 3. The highest BCUT2D eigenvalue weighted by molar-refractivity contribution is 8.00. The summed E-state index contributed by atoms with van der Waals surface area (Å²) in [5.74, 6) is 0.647. The van der Waals surface area contributed by atoms with Crippen LogP contribution in [-0.4, -0.2) is 16.1 Å². The van der Waals surface area contributed by atoms with Gasteiger partial charge in [0.25, 0.3) is 5.91 Å². The molecule has 0 saturated carbocycles. The predicted octanol–water partition coefficient (Wildman–Crippen LogP) is 5.01. The lowest BCUT2D eigenvalue weighted by molar-refractivity contribution is 0.0998. The lowest BCUT2D eigenvalue weighted by atomic mass is 10.1. The second-order valence-electron chi connectivity index (χ2n) is 5.98. The van der Waals surface area contributed by atoms with Crippen molar-refractivity contribution in [2.75, 3.05) is 5.32 Å². The first-order valence-electron chi connectivity index (χ1n) is 8.39. The van der Waals surface area contributed by atoms with E-state index in [0.29, 0.717) is 22.0 Å². The van der Waals surface area contributed by atoms with Crippen molar-refractivity contribution in [1.29, 1.82) is 5.26 Å². The van der Waals surface area contributed by atoms with E-state index in [-0.39, 0.29) is 11.7 Å². The van der Waals surface area contributed by atoms with Gasteiger partial charge < -0.3 is 4.42 Å². The van der Waals surface area contributed by atoms with E-state index >= 15 is 0 Å². The molecule has 0 radical (unpaired) electrons. The van der Waals surface area contributed by atoms with E-state index in [4.69, 9.17) is 9.68 Å². The Morgan fingerprint density at radius 2 is 2.00 bits per heavy atom. The number of carbonyl (C=O) groups is 1. The molecule has 0 bridgehead atoms. The van der Waals surface area contributed by atoms with Crippen molar-refractivity contribution in [3.05, 3.63) is 71.0 Å². The summed E-state index contributed by atoms with van der Waals surface area (Å²) in [6.45, 7) is 1.86. The van der Waals surface area contributed by atoms with E-state index in [2.05, 4.69) is 21.6 Å². The number of hydrogen-bond acceptors (Lipinski definition) is 7. The number of fused-ring (bicyclic) bond motifs is 1. The van der Waals surface area contributed by atoms with E-state index in [0.717, 1.165) is 20.9 Å². The van der Waals surface area contributed by atoms with Crippen LogP contribution in [0.2, 0.25) is 0 Å². The first-order valence-corrected chi connectivity index (χ1v) is 10.2. The van der Waals surface area contributed by atoms with E-state index in [1.807, 2.05) is 43.3 Å². The molecule has 0 atom stereocenters. The Kier molecular flexibility index (Phi) is 5.10. The molecule has 2 aromatic carbocycles. The zero-order valence-electron chi connectivity index (χ0n) is 14.8. The Hall–Kier alpha value is -3.15. The Bertz CT molecular complexity index is 1190. The van der Waals surface area contributed by atoms with Crippen LogP contribution in [-0.2, 0) is 5.75 Å². The van der Waals surface area contributed by atoms with E-state index in [1.54, 1.807) is 12.1 Å². The fraction of sp³-hybridized carbons (Fsp3) is 0.100. The van der Waals surface area contributed by atoms with Crippen molar-refractivity contribution < 1.29 is 9.21 Å². The van der Waals surface area contributed by atoms with Gasteiger partial charge in [0.15, 0.2) is 10.1 Å². The van der Waals surface area contributed by atoms with Gasteiger partial charge in [-0.1, -0.05) is 53.4 Å². The summed E-state index contributed by atoms with van der Waals surface area (Å²) in [6, 6.07) is 17.1. The summed E-state index contributed by atoms with van der Waals surface area (Å²) in [5.41, 5.74) is 3.20. The summed E-state index contributed by atoms with van der Waals surface area (Å²) < 4.78 is 6.43. The fourth-order valence-corrected chi connectivity index (χ4v) is 4.39. The second-order valence-corrected chi connectivity index (χ2v) is 8.18. The first-order chi connectivity index (χ1) is 13.6. The molecule has 2 aromatic heterocycles. The molecule has 4 rings (SSSR count). The number of carbonyl (C=O) groups excluding carboxylic acids is 1. The quantitative estimate of drug-likeness (QED) is 0.370. The summed E-state index contributed by atoms with van der Waals surface area (Å²) in [4.78, 5) is 12.6. The summed E-state index contributed by atoms with van der Waals surface area (Å²) in [7, 11) is 0.